The van der Waals surface area contributed by atoms with Gasteiger partial charge in [0.15, 0.2) is 0 Å². The zero-order valence-corrected chi connectivity index (χ0v) is 12.8. The van der Waals surface area contributed by atoms with Crippen LogP contribution in [0.2, 0.25) is 0 Å². The third-order valence-corrected chi connectivity index (χ3v) is 4.42. The highest BCUT2D eigenvalue weighted by molar-refractivity contribution is 5.60. The molecule has 2 unspecified atom stereocenters. The quantitative estimate of drug-likeness (QED) is 0.738. The first-order valence-corrected chi connectivity index (χ1v) is 7.21. The number of hydrogen-bond donors (Lipinski definition) is 2. The predicted octanol–water partition coefficient (Wildman–Crippen LogP) is 0.556. The maximum Gasteiger partial charge on any atom is 0.215 e. The molecule has 0 aromatic heterocycles. The fourth-order valence-corrected chi connectivity index (χ4v) is 2.84. The normalized spacial score (nSPS) is 26.6. The van der Waals surface area contributed by atoms with E-state index in [9.17, 15) is 5.11 Å². The number of hydrogen-bond acceptors (Lipinski definition) is 6. The number of aliphatic hydroxyl groups excluding tert-OH is 1. The summed E-state index contributed by atoms with van der Waals surface area (Å²) in [6.07, 6.45) is 3.04. The van der Waals surface area contributed by atoms with Crippen molar-refractivity contribution in [2.45, 2.75) is 45.2 Å². The van der Waals surface area contributed by atoms with Crippen molar-refractivity contribution in [3.05, 3.63) is 11.4 Å². The van der Waals surface area contributed by atoms with Gasteiger partial charge in [-0.05, 0) is 32.3 Å². The van der Waals surface area contributed by atoms with Gasteiger partial charge in [-0.3, -0.25) is 9.89 Å². The van der Waals surface area contributed by atoms with Gasteiger partial charge in [0, 0.05) is 33.3 Å². The van der Waals surface area contributed by atoms with Crippen LogP contribution in [0.4, 0.5) is 0 Å². The first kappa shape index (κ1) is 15.3. The Labute approximate surface area is 121 Å². The minimum absolute atomic E-state index is 0.240. The first-order chi connectivity index (χ1) is 9.54. The molecule has 1 fully saturated rings. The minimum Gasteiger partial charge on any atom is -0.358 e. The van der Waals surface area contributed by atoms with Crippen LogP contribution in [-0.4, -0.2) is 67.0 Å². The fraction of sp³-hybridized carbons (Fsp3) is 0.786. The molecule has 0 amide bonds. The Kier molecular flexibility index (Phi) is 5.01. The molecule has 0 aromatic carbocycles. The van der Waals surface area contributed by atoms with E-state index in [1.807, 2.05) is 4.90 Å². The molecular weight excluding hydrogens is 256 g/mol. The summed E-state index contributed by atoms with van der Waals surface area (Å²) in [4.78, 5) is 8.63. The van der Waals surface area contributed by atoms with E-state index in [2.05, 4.69) is 36.1 Å². The van der Waals surface area contributed by atoms with Gasteiger partial charge in [-0.1, -0.05) is 0 Å². The van der Waals surface area contributed by atoms with E-state index in [4.69, 9.17) is 4.74 Å². The van der Waals surface area contributed by atoms with Crippen LogP contribution < -0.4 is 5.32 Å². The highest BCUT2D eigenvalue weighted by Crippen LogP contribution is 2.23. The van der Waals surface area contributed by atoms with Crippen LogP contribution in [0.3, 0.4) is 0 Å². The molecule has 0 aromatic rings. The molecular formula is C14H26N4O2. The van der Waals surface area contributed by atoms with Crippen molar-refractivity contribution in [1.82, 2.24) is 15.1 Å². The molecule has 114 valence electrons. The van der Waals surface area contributed by atoms with Crippen LogP contribution in [0.5, 0.6) is 0 Å². The molecule has 0 radical (unpaired) electrons. The van der Waals surface area contributed by atoms with Gasteiger partial charge in [0.2, 0.25) is 6.41 Å². The number of piperidine rings is 1. The number of aliphatic hydroxyl groups is 1. The van der Waals surface area contributed by atoms with Crippen LogP contribution in [0, 0.1) is 0 Å². The molecule has 2 N–H and O–H groups in total. The largest absolute Gasteiger partial charge is 0.358 e. The van der Waals surface area contributed by atoms with Gasteiger partial charge in [-0.2, -0.15) is 0 Å². The molecule has 2 atom stereocenters. The molecule has 1 saturated heterocycles. The molecule has 2 heterocycles. The molecule has 2 aliphatic rings. The van der Waals surface area contributed by atoms with E-state index >= 15 is 0 Å². The van der Waals surface area contributed by atoms with E-state index in [-0.39, 0.29) is 6.04 Å². The summed E-state index contributed by atoms with van der Waals surface area (Å²) in [5, 5.41) is 13.0. The molecule has 0 bridgehead atoms. The van der Waals surface area contributed by atoms with E-state index in [1.165, 1.54) is 18.5 Å². The van der Waals surface area contributed by atoms with Crippen molar-refractivity contribution in [2.24, 2.45) is 4.99 Å². The highest BCUT2D eigenvalue weighted by Gasteiger charge is 2.28. The molecule has 20 heavy (non-hydrogen) atoms. The van der Waals surface area contributed by atoms with Gasteiger partial charge in [0.1, 0.15) is 5.82 Å². The number of methoxy groups -OCH3 is 1. The van der Waals surface area contributed by atoms with E-state index < -0.39 is 6.41 Å². The highest BCUT2D eigenvalue weighted by atomic mass is 16.6. The summed E-state index contributed by atoms with van der Waals surface area (Å²) < 4.78 is 4.96. The molecule has 6 heteroatoms. The average Bonchev–Trinajstić information content (AvgIpc) is 2.48. The molecule has 2 aliphatic heterocycles. The van der Waals surface area contributed by atoms with Crippen LogP contribution >= 0.6 is 0 Å². The fourth-order valence-electron chi connectivity index (χ4n) is 2.84. The lowest BCUT2D eigenvalue weighted by molar-refractivity contribution is -0.183. The van der Waals surface area contributed by atoms with Crippen molar-refractivity contribution in [2.75, 3.05) is 27.2 Å². The summed E-state index contributed by atoms with van der Waals surface area (Å²) >= 11 is 0. The number of likely N-dealkylation sites (tertiary alicyclic amines) is 1. The van der Waals surface area contributed by atoms with Gasteiger partial charge in [-0.25, -0.2) is 0 Å². The number of nitrogens with zero attached hydrogens (tertiary/aromatic N) is 3. The monoisotopic (exact) mass is 282 g/mol. The van der Waals surface area contributed by atoms with Gasteiger partial charge in [0.25, 0.3) is 0 Å². The zero-order valence-electron chi connectivity index (χ0n) is 12.8. The third-order valence-electron chi connectivity index (χ3n) is 4.42. The van der Waals surface area contributed by atoms with Gasteiger partial charge in [-0.15, -0.1) is 0 Å². The second-order valence-electron chi connectivity index (χ2n) is 5.57. The van der Waals surface area contributed by atoms with Crippen LogP contribution in [0.1, 0.15) is 26.7 Å². The lowest BCUT2D eigenvalue weighted by Gasteiger charge is -2.40. The number of nitrogens with one attached hydrogen (secondary N) is 1. The maximum atomic E-state index is 9.68. The summed E-state index contributed by atoms with van der Waals surface area (Å²) in [5.74, 6) is 1.17. The van der Waals surface area contributed by atoms with Crippen molar-refractivity contribution in [3.8, 4) is 0 Å². The number of aliphatic imine (C=N–C) groups is 1. The van der Waals surface area contributed by atoms with Gasteiger partial charge < -0.3 is 20.1 Å². The van der Waals surface area contributed by atoms with Crippen LogP contribution in [-0.2, 0) is 4.74 Å². The lowest BCUT2D eigenvalue weighted by Crippen LogP contribution is -2.49. The number of ether oxygens (including phenoxy) is 1. The topological polar surface area (TPSA) is 60.3 Å². The van der Waals surface area contributed by atoms with E-state index in [1.54, 1.807) is 6.34 Å². The van der Waals surface area contributed by atoms with E-state index in [0.717, 1.165) is 25.9 Å². The third kappa shape index (κ3) is 3.13. The van der Waals surface area contributed by atoms with Gasteiger partial charge in [0.05, 0.1) is 12.4 Å². The Morgan fingerprint density at radius 1 is 1.50 bits per heavy atom. The predicted molar refractivity (Wildman–Crippen MR) is 79.2 cm³/mol. The lowest BCUT2D eigenvalue weighted by atomic mass is 10.0. The smallest absolute Gasteiger partial charge is 0.215 e. The number of rotatable bonds is 4. The zero-order chi connectivity index (χ0) is 14.7. The summed E-state index contributed by atoms with van der Waals surface area (Å²) in [7, 11) is 3.66. The van der Waals surface area contributed by atoms with Gasteiger partial charge >= 0.3 is 0 Å². The van der Waals surface area contributed by atoms with Crippen LogP contribution in [0.15, 0.2) is 16.4 Å². The Morgan fingerprint density at radius 3 is 2.75 bits per heavy atom. The first-order valence-electron chi connectivity index (χ1n) is 7.21. The molecule has 2 rings (SSSR count). The maximum absolute atomic E-state index is 9.68. The van der Waals surface area contributed by atoms with E-state index in [0.29, 0.717) is 6.04 Å². The SMILES string of the molecule is COC(O)N1CCC(N(C)C2=C(C)C(C)N=CN2)CC1. The second-order valence-corrected chi connectivity index (χ2v) is 5.57. The Morgan fingerprint density at radius 2 is 2.15 bits per heavy atom. The Balaban J connectivity index is 1.95. The summed E-state index contributed by atoms with van der Waals surface area (Å²) in [6.45, 7) is 5.93. The molecule has 6 nitrogen and oxygen atoms in total. The standard InChI is InChI=1S/C14H26N4O2/c1-10-11(2)15-9-16-13(10)17(3)12-5-7-18(8-6-12)14(19)20-4/h9,11-12,14,19H,5-8H2,1-4H3,(H,15,16). The molecule has 0 saturated carbocycles. The summed E-state index contributed by atoms with van der Waals surface area (Å²) in [6, 6.07) is 0.718. The minimum atomic E-state index is -0.776. The Hall–Kier alpha value is -1.11. The van der Waals surface area contributed by atoms with Crippen LogP contribution in [0.25, 0.3) is 0 Å². The van der Waals surface area contributed by atoms with Crippen molar-refractivity contribution >= 4 is 6.34 Å². The van der Waals surface area contributed by atoms with Crippen molar-refractivity contribution in [3.63, 3.8) is 0 Å². The second kappa shape index (κ2) is 6.56. The molecule has 0 aliphatic carbocycles. The van der Waals surface area contributed by atoms with Crippen molar-refractivity contribution < 1.29 is 9.84 Å². The summed E-state index contributed by atoms with van der Waals surface area (Å²) in [5.41, 5.74) is 1.27. The average molecular weight is 282 g/mol. The molecule has 0 spiro atoms. The Bertz CT molecular complexity index is 389. The van der Waals surface area contributed by atoms with Crippen molar-refractivity contribution in [1.29, 1.82) is 0 Å².